The molecule has 29 heavy (non-hydrogen) atoms. The van der Waals surface area contributed by atoms with E-state index in [2.05, 4.69) is 27.2 Å². The van der Waals surface area contributed by atoms with Crippen molar-refractivity contribution in [3.63, 3.8) is 0 Å². The maximum absolute atomic E-state index is 12.8. The Morgan fingerprint density at radius 1 is 1.41 bits per heavy atom. The van der Waals surface area contributed by atoms with E-state index >= 15 is 0 Å². The smallest absolute Gasteiger partial charge is 0.340 e. The molecule has 0 saturated carbocycles. The molecule has 0 aromatic heterocycles. The zero-order valence-corrected chi connectivity index (χ0v) is 19.1. The molecule has 1 fully saturated rings. The minimum absolute atomic E-state index is 0.0387. The molecule has 1 saturated heterocycles. The predicted octanol–water partition coefficient (Wildman–Crippen LogP) is 3.25. The van der Waals surface area contributed by atoms with Crippen LogP contribution in [0.1, 0.15) is 49.9 Å². The molecule has 160 valence electrons. The van der Waals surface area contributed by atoms with Gasteiger partial charge in [0.15, 0.2) is 6.10 Å². The van der Waals surface area contributed by atoms with E-state index in [0.29, 0.717) is 11.0 Å². The molecule has 1 aliphatic rings. The minimum Gasteiger partial charge on any atom is -0.449 e. The zero-order chi connectivity index (χ0) is 21.6. The molecule has 2 unspecified atom stereocenters. The van der Waals surface area contributed by atoms with Crippen molar-refractivity contribution >= 4 is 37.8 Å². The van der Waals surface area contributed by atoms with Gasteiger partial charge < -0.3 is 9.64 Å². The fourth-order valence-corrected chi connectivity index (χ4v) is 4.74. The number of ether oxygens (including phenoxy) is 1. The Morgan fingerprint density at radius 3 is 2.79 bits per heavy atom. The molecule has 2 atom stereocenters. The highest BCUT2D eigenvalue weighted by Crippen LogP contribution is 2.24. The highest BCUT2D eigenvalue weighted by Gasteiger charge is 2.31. The van der Waals surface area contributed by atoms with Gasteiger partial charge in [0.1, 0.15) is 0 Å². The Morgan fingerprint density at radius 2 is 2.14 bits per heavy atom. The molecule has 0 radical (unpaired) electrons. The molecule has 1 aliphatic heterocycles. The van der Waals surface area contributed by atoms with E-state index in [0.717, 1.165) is 25.7 Å². The van der Waals surface area contributed by atoms with Crippen molar-refractivity contribution in [3.8, 4) is 0 Å². The number of nitrogens with zero attached hydrogens (tertiary/aromatic N) is 1. The maximum atomic E-state index is 12.8. The van der Waals surface area contributed by atoms with Crippen molar-refractivity contribution in [2.75, 3.05) is 13.1 Å². The number of benzene rings is 1. The first-order valence-corrected chi connectivity index (χ1v) is 11.9. The van der Waals surface area contributed by atoms with E-state index in [1.807, 2.05) is 6.92 Å². The first-order chi connectivity index (χ1) is 13.7. The largest absolute Gasteiger partial charge is 0.449 e. The Balaban J connectivity index is 2.16. The molecular formula is C20H27BrN2O5S. The normalized spacial score (nSPS) is 18.2. The van der Waals surface area contributed by atoms with Crippen LogP contribution in [0.3, 0.4) is 0 Å². The highest BCUT2D eigenvalue weighted by molar-refractivity contribution is 9.10. The molecule has 1 N–H and O–H groups in total. The number of nitrogens with one attached hydrogen (secondary N) is 1. The third-order valence-electron chi connectivity index (χ3n) is 4.90. The van der Waals surface area contributed by atoms with Crippen molar-refractivity contribution in [2.24, 2.45) is 0 Å². The van der Waals surface area contributed by atoms with Gasteiger partial charge in [0.25, 0.3) is 5.91 Å². The average molecular weight is 487 g/mol. The van der Waals surface area contributed by atoms with Crippen LogP contribution in [0, 0.1) is 0 Å². The van der Waals surface area contributed by atoms with Crippen LogP contribution >= 0.6 is 15.9 Å². The number of amides is 1. The van der Waals surface area contributed by atoms with Gasteiger partial charge in [-0.05, 0) is 66.7 Å². The van der Waals surface area contributed by atoms with Gasteiger partial charge in [0, 0.05) is 23.6 Å². The monoisotopic (exact) mass is 486 g/mol. The number of rotatable bonds is 8. The van der Waals surface area contributed by atoms with Gasteiger partial charge >= 0.3 is 5.97 Å². The number of carbonyl (C=O) groups excluding carboxylic acids is 2. The number of likely N-dealkylation sites (tertiary alicyclic amines) is 1. The molecule has 9 heteroatoms. The van der Waals surface area contributed by atoms with Crippen molar-refractivity contribution in [1.82, 2.24) is 9.62 Å². The fourth-order valence-electron chi connectivity index (χ4n) is 3.30. The number of carbonyl (C=O) groups is 2. The summed E-state index contributed by atoms with van der Waals surface area (Å²) in [6, 6.07) is 4.22. The Labute approximate surface area is 180 Å². The topological polar surface area (TPSA) is 92.8 Å². The van der Waals surface area contributed by atoms with Crippen molar-refractivity contribution in [1.29, 1.82) is 0 Å². The molecule has 0 spiro atoms. The fraction of sp³-hybridized carbons (Fsp3) is 0.500. The summed E-state index contributed by atoms with van der Waals surface area (Å²) in [5, 5.41) is 0. The van der Waals surface area contributed by atoms with Gasteiger partial charge in [-0.1, -0.05) is 13.0 Å². The van der Waals surface area contributed by atoms with E-state index in [1.165, 1.54) is 24.3 Å². The van der Waals surface area contributed by atoms with Crippen LogP contribution < -0.4 is 4.72 Å². The second-order valence-electron chi connectivity index (χ2n) is 6.92. The molecule has 1 aromatic carbocycles. The predicted molar refractivity (Wildman–Crippen MR) is 114 cm³/mol. The molecular weight excluding hydrogens is 460 g/mol. The van der Waals surface area contributed by atoms with Crippen LogP contribution in [0.4, 0.5) is 0 Å². The molecule has 2 rings (SSSR count). The summed E-state index contributed by atoms with van der Waals surface area (Å²) in [6.45, 7) is 7.78. The van der Waals surface area contributed by atoms with Gasteiger partial charge in [-0.15, -0.1) is 6.58 Å². The summed E-state index contributed by atoms with van der Waals surface area (Å²) in [7, 11) is -3.79. The summed E-state index contributed by atoms with van der Waals surface area (Å²) in [4.78, 5) is 27.2. The second-order valence-corrected chi connectivity index (χ2v) is 9.54. The summed E-state index contributed by atoms with van der Waals surface area (Å²) in [5.74, 6) is -0.985. The number of sulfonamides is 1. The van der Waals surface area contributed by atoms with E-state index in [9.17, 15) is 18.0 Å². The Kier molecular flexibility index (Phi) is 8.42. The van der Waals surface area contributed by atoms with Crippen LogP contribution in [-0.4, -0.2) is 50.4 Å². The Hall–Kier alpha value is -1.71. The van der Waals surface area contributed by atoms with Crippen LogP contribution in [0.2, 0.25) is 0 Å². The molecule has 7 nitrogen and oxygen atoms in total. The maximum Gasteiger partial charge on any atom is 0.340 e. The highest BCUT2D eigenvalue weighted by atomic mass is 79.9. The van der Waals surface area contributed by atoms with Crippen LogP contribution in [0.25, 0.3) is 0 Å². The summed E-state index contributed by atoms with van der Waals surface area (Å²) in [5.41, 5.74) is 0.0387. The summed E-state index contributed by atoms with van der Waals surface area (Å²) < 4.78 is 32.7. The third-order valence-corrected chi connectivity index (χ3v) is 7.01. The summed E-state index contributed by atoms with van der Waals surface area (Å²) >= 11 is 3.25. The van der Waals surface area contributed by atoms with E-state index in [4.69, 9.17) is 4.74 Å². The first-order valence-electron chi connectivity index (χ1n) is 9.62. The minimum atomic E-state index is -3.79. The second kappa shape index (κ2) is 10.4. The van der Waals surface area contributed by atoms with Crippen molar-refractivity contribution < 1.29 is 22.7 Å². The SMILES string of the molecule is C=CCNS(=O)(=O)c1ccc(Br)c(C(=O)OC(C)C(=O)N2CCCCC2CC)c1. The van der Waals surface area contributed by atoms with Crippen LogP contribution in [-0.2, 0) is 19.6 Å². The Bertz CT molecular complexity index is 872. The lowest BCUT2D eigenvalue weighted by atomic mass is 9.99. The average Bonchev–Trinajstić information content (AvgIpc) is 2.71. The third kappa shape index (κ3) is 5.90. The zero-order valence-electron chi connectivity index (χ0n) is 16.7. The molecule has 1 amide bonds. The number of esters is 1. The van der Waals surface area contributed by atoms with Crippen molar-refractivity contribution in [3.05, 3.63) is 40.9 Å². The lowest BCUT2D eigenvalue weighted by Gasteiger charge is -2.36. The van der Waals surface area contributed by atoms with E-state index in [1.54, 1.807) is 11.8 Å². The molecule has 1 aromatic rings. The quantitative estimate of drug-likeness (QED) is 0.449. The molecule has 1 heterocycles. The summed E-state index contributed by atoms with van der Waals surface area (Å²) in [6.07, 6.45) is 4.29. The van der Waals surface area contributed by atoms with Crippen LogP contribution in [0.15, 0.2) is 40.2 Å². The molecule has 0 aliphatic carbocycles. The van der Waals surface area contributed by atoms with Gasteiger partial charge in [-0.3, -0.25) is 4.79 Å². The number of hydrogen-bond acceptors (Lipinski definition) is 5. The first kappa shape index (κ1) is 23.6. The van der Waals surface area contributed by atoms with Crippen LogP contribution in [0.5, 0.6) is 0 Å². The lowest BCUT2D eigenvalue weighted by Crippen LogP contribution is -2.48. The number of hydrogen-bond donors (Lipinski definition) is 1. The van der Waals surface area contributed by atoms with E-state index < -0.39 is 22.1 Å². The number of piperidine rings is 1. The standard InChI is InChI=1S/C20H27BrN2O5S/c1-4-11-22-29(26,27)16-9-10-18(21)17(13-16)20(25)28-14(3)19(24)23-12-7-6-8-15(23)5-2/h4,9-10,13-15,22H,1,5-8,11-12H2,2-3H3. The van der Waals surface area contributed by atoms with Gasteiger partial charge in [0.2, 0.25) is 10.0 Å². The van der Waals surface area contributed by atoms with Gasteiger partial charge in [0.05, 0.1) is 10.5 Å². The van der Waals surface area contributed by atoms with E-state index in [-0.39, 0.29) is 29.0 Å². The lowest BCUT2D eigenvalue weighted by molar-refractivity contribution is -0.143. The molecule has 0 bridgehead atoms. The number of halogens is 1. The van der Waals surface area contributed by atoms with Crippen molar-refractivity contribution in [2.45, 2.75) is 56.6 Å². The van der Waals surface area contributed by atoms with Gasteiger partial charge in [-0.2, -0.15) is 0 Å². The van der Waals surface area contributed by atoms with Gasteiger partial charge in [-0.25, -0.2) is 17.9 Å².